The van der Waals surface area contributed by atoms with E-state index in [0.29, 0.717) is 5.56 Å². The van der Waals surface area contributed by atoms with Crippen LogP contribution in [0.25, 0.3) is 0 Å². The molecule has 0 spiro atoms. The fourth-order valence-electron chi connectivity index (χ4n) is 1.37. The Morgan fingerprint density at radius 3 is 2.59 bits per heavy atom. The van der Waals surface area contributed by atoms with Crippen LogP contribution in [0.5, 0.6) is 0 Å². The van der Waals surface area contributed by atoms with Crippen molar-refractivity contribution in [1.82, 2.24) is 4.98 Å². The molecule has 0 aliphatic heterocycles. The Balaban J connectivity index is 2.14. The molecule has 2 rings (SSSR count). The van der Waals surface area contributed by atoms with Gasteiger partial charge >= 0.3 is 0 Å². The number of carbonyl (C=O) groups excluding carboxylic acids is 1. The zero-order valence-corrected chi connectivity index (χ0v) is 9.27. The van der Waals surface area contributed by atoms with Crippen molar-refractivity contribution in [1.29, 1.82) is 0 Å². The molecule has 0 fully saturated rings. The number of aryl methyl sites for hydroxylation is 1. The highest BCUT2D eigenvalue weighted by Gasteiger charge is 2.06. The van der Waals surface area contributed by atoms with Gasteiger partial charge in [0.05, 0.1) is 0 Å². The lowest BCUT2D eigenvalue weighted by molar-refractivity contribution is 0.102. The van der Waals surface area contributed by atoms with Gasteiger partial charge in [-0.05, 0) is 25.1 Å². The normalized spacial score (nSPS) is 10.0. The van der Waals surface area contributed by atoms with Crippen LogP contribution in [0.15, 0.2) is 42.6 Å². The average molecular weight is 230 g/mol. The van der Waals surface area contributed by atoms with Crippen molar-refractivity contribution < 1.29 is 9.18 Å². The first-order valence-electron chi connectivity index (χ1n) is 5.15. The number of halogens is 1. The first-order chi connectivity index (χ1) is 8.15. The number of benzene rings is 1. The van der Waals surface area contributed by atoms with Crippen LogP contribution in [0.2, 0.25) is 0 Å². The maximum Gasteiger partial charge on any atom is 0.256 e. The minimum atomic E-state index is -0.431. The van der Waals surface area contributed by atoms with Crippen LogP contribution >= 0.6 is 0 Å². The predicted octanol–water partition coefficient (Wildman–Crippen LogP) is 2.78. The fraction of sp³-hybridized carbons (Fsp3) is 0.0769. The van der Waals surface area contributed by atoms with Gasteiger partial charge in [-0.25, -0.2) is 9.37 Å². The fourth-order valence-corrected chi connectivity index (χ4v) is 1.37. The second-order valence-electron chi connectivity index (χ2n) is 3.68. The van der Waals surface area contributed by atoms with Crippen molar-refractivity contribution in [2.45, 2.75) is 6.92 Å². The number of hydrogen-bond donors (Lipinski definition) is 1. The summed E-state index contributed by atoms with van der Waals surface area (Å²) in [4.78, 5) is 15.6. The smallest absolute Gasteiger partial charge is 0.256 e. The Labute approximate surface area is 98.3 Å². The summed E-state index contributed by atoms with van der Waals surface area (Å²) in [7, 11) is 0. The van der Waals surface area contributed by atoms with Crippen LogP contribution in [0.4, 0.5) is 10.2 Å². The second kappa shape index (κ2) is 4.74. The molecule has 0 saturated carbocycles. The van der Waals surface area contributed by atoms with Crippen molar-refractivity contribution >= 4 is 11.7 Å². The highest BCUT2D eigenvalue weighted by Crippen LogP contribution is 2.08. The number of hydrogen-bond acceptors (Lipinski definition) is 2. The minimum Gasteiger partial charge on any atom is -0.306 e. The standard InChI is InChI=1S/C13H11FN2O/c1-9-2-4-10(5-3-9)13(17)16-12-8-11(14)6-7-15-12/h2-8H,1H3,(H,15,16,17). The monoisotopic (exact) mass is 230 g/mol. The maximum atomic E-state index is 12.9. The molecule has 86 valence electrons. The lowest BCUT2D eigenvalue weighted by atomic mass is 10.1. The first kappa shape index (κ1) is 11.3. The number of anilines is 1. The lowest BCUT2D eigenvalue weighted by Gasteiger charge is -2.04. The molecule has 0 atom stereocenters. The zero-order chi connectivity index (χ0) is 12.3. The molecule has 0 aliphatic rings. The average Bonchev–Trinajstić information content (AvgIpc) is 2.29. The Hall–Kier alpha value is -2.23. The Morgan fingerprint density at radius 2 is 1.94 bits per heavy atom. The topological polar surface area (TPSA) is 42.0 Å². The Morgan fingerprint density at radius 1 is 1.24 bits per heavy atom. The number of rotatable bonds is 2. The molecule has 17 heavy (non-hydrogen) atoms. The van der Waals surface area contributed by atoms with Crippen LogP contribution in [0, 0.1) is 12.7 Å². The minimum absolute atomic E-state index is 0.204. The van der Waals surface area contributed by atoms with E-state index in [4.69, 9.17) is 0 Å². The lowest BCUT2D eigenvalue weighted by Crippen LogP contribution is -2.12. The highest BCUT2D eigenvalue weighted by molar-refractivity contribution is 6.03. The van der Waals surface area contributed by atoms with E-state index in [2.05, 4.69) is 10.3 Å². The molecule has 4 heteroatoms. The van der Waals surface area contributed by atoms with Gasteiger partial charge in [-0.15, -0.1) is 0 Å². The molecule has 0 radical (unpaired) electrons. The quantitative estimate of drug-likeness (QED) is 0.861. The van der Waals surface area contributed by atoms with Crippen molar-refractivity contribution in [3.05, 3.63) is 59.5 Å². The number of carbonyl (C=O) groups is 1. The van der Waals surface area contributed by atoms with Crippen molar-refractivity contribution in [3.63, 3.8) is 0 Å². The third kappa shape index (κ3) is 2.87. The van der Waals surface area contributed by atoms with Gasteiger partial charge in [-0.3, -0.25) is 4.79 Å². The molecule has 0 saturated heterocycles. The van der Waals surface area contributed by atoms with Gasteiger partial charge in [0.15, 0.2) is 0 Å². The molecule has 1 N–H and O–H groups in total. The maximum absolute atomic E-state index is 12.9. The molecule has 0 bridgehead atoms. The molecule has 0 aliphatic carbocycles. The summed E-state index contributed by atoms with van der Waals surface area (Å²) in [6, 6.07) is 9.50. The molecule has 1 aromatic heterocycles. The molecule has 2 aromatic rings. The zero-order valence-electron chi connectivity index (χ0n) is 9.27. The Kier molecular flexibility index (Phi) is 3.14. The summed E-state index contributed by atoms with van der Waals surface area (Å²) in [5.74, 6) is -0.530. The summed E-state index contributed by atoms with van der Waals surface area (Å²) < 4.78 is 12.9. The molecular formula is C13H11FN2O. The Bertz CT molecular complexity index is 537. The van der Waals surface area contributed by atoms with E-state index in [0.717, 1.165) is 5.56 Å². The van der Waals surface area contributed by atoms with E-state index in [1.165, 1.54) is 18.3 Å². The summed E-state index contributed by atoms with van der Waals surface area (Å²) in [6.07, 6.45) is 1.31. The van der Waals surface area contributed by atoms with Gasteiger partial charge in [-0.2, -0.15) is 0 Å². The summed E-state index contributed by atoms with van der Waals surface area (Å²) in [5, 5.41) is 2.53. The van der Waals surface area contributed by atoms with Crippen molar-refractivity contribution in [2.24, 2.45) is 0 Å². The van der Waals surface area contributed by atoms with Gasteiger partial charge in [0.1, 0.15) is 11.6 Å². The van der Waals surface area contributed by atoms with Crippen LogP contribution in [0.1, 0.15) is 15.9 Å². The molecule has 1 aromatic carbocycles. The largest absolute Gasteiger partial charge is 0.306 e. The number of amides is 1. The molecule has 0 unspecified atom stereocenters. The first-order valence-corrected chi connectivity index (χ1v) is 5.15. The van der Waals surface area contributed by atoms with Gasteiger partial charge in [0, 0.05) is 17.8 Å². The number of nitrogens with zero attached hydrogens (tertiary/aromatic N) is 1. The van der Waals surface area contributed by atoms with Crippen molar-refractivity contribution in [2.75, 3.05) is 5.32 Å². The molecule has 3 nitrogen and oxygen atoms in total. The van der Waals surface area contributed by atoms with E-state index in [9.17, 15) is 9.18 Å². The summed E-state index contributed by atoms with van der Waals surface area (Å²) in [6.45, 7) is 1.94. The molecule has 1 amide bonds. The SMILES string of the molecule is Cc1ccc(C(=O)Nc2cc(F)ccn2)cc1. The van der Waals surface area contributed by atoms with Crippen LogP contribution in [0.3, 0.4) is 0 Å². The van der Waals surface area contributed by atoms with Gasteiger partial charge in [0.25, 0.3) is 5.91 Å². The molecule has 1 heterocycles. The van der Waals surface area contributed by atoms with Crippen molar-refractivity contribution in [3.8, 4) is 0 Å². The van der Waals surface area contributed by atoms with Gasteiger partial charge in [0.2, 0.25) is 0 Å². The van der Waals surface area contributed by atoms with E-state index < -0.39 is 5.82 Å². The van der Waals surface area contributed by atoms with Gasteiger partial charge in [-0.1, -0.05) is 17.7 Å². The third-order valence-corrected chi connectivity index (χ3v) is 2.28. The third-order valence-electron chi connectivity index (χ3n) is 2.28. The summed E-state index contributed by atoms with van der Waals surface area (Å²) in [5.41, 5.74) is 1.59. The van der Waals surface area contributed by atoms with Crippen LogP contribution in [-0.2, 0) is 0 Å². The summed E-state index contributed by atoms with van der Waals surface area (Å²) >= 11 is 0. The van der Waals surface area contributed by atoms with Crippen LogP contribution < -0.4 is 5.32 Å². The molecular weight excluding hydrogens is 219 g/mol. The van der Waals surface area contributed by atoms with Gasteiger partial charge < -0.3 is 5.32 Å². The van der Waals surface area contributed by atoms with E-state index in [1.807, 2.05) is 19.1 Å². The van der Waals surface area contributed by atoms with E-state index >= 15 is 0 Å². The predicted molar refractivity (Wildman–Crippen MR) is 63.3 cm³/mol. The highest BCUT2D eigenvalue weighted by atomic mass is 19.1. The number of aromatic nitrogens is 1. The number of nitrogens with one attached hydrogen (secondary N) is 1. The van der Waals surface area contributed by atoms with Crippen LogP contribution in [-0.4, -0.2) is 10.9 Å². The second-order valence-corrected chi connectivity index (χ2v) is 3.68. The number of pyridine rings is 1. The van der Waals surface area contributed by atoms with E-state index in [-0.39, 0.29) is 11.7 Å². The van der Waals surface area contributed by atoms with E-state index in [1.54, 1.807) is 12.1 Å².